The number of hydrogen-bond acceptors (Lipinski definition) is 2. The molecule has 0 aliphatic heterocycles. The van der Waals surface area contributed by atoms with Crippen LogP contribution in [-0.4, -0.2) is 23.7 Å². The second-order valence-electron chi connectivity index (χ2n) is 3.51. The number of carbonyl (C=O) groups excluding carboxylic acids is 1. The van der Waals surface area contributed by atoms with Gasteiger partial charge in [0.2, 0.25) is 0 Å². The van der Waals surface area contributed by atoms with Gasteiger partial charge in [0.1, 0.15) is 5.82 Å². The van der Waals surface area contributed by atoms with E-state index in [2.05, 4.69) is 21.2 Å². The molecule has 0 saturated carbocycles. The van der Waals surface area contributed by atoms with Gasteiger partial charge < -0.3 is 10.4 Å². The molecule has 1 rings (SSSR count). The Hall–Kier alpha value is -0.940. The first-order chi connectivity index (χ1) is 7.54. The van der Waals surface area contributed by atoms with Gasteiger partial charge in [-0.2, -0.15) is 0 Å². The Morgan fingerprint density at radius 1 is 1.62 bits per heavy atom. The lowest BCUT2D eigenvalue weighted by molar-refractivity contribution is 0.0933. The molecule has 0 bridgehead atoms. The highest BCUT2D eigenvalue weighted by molar-refractivity contribution is 9.10. The molecule has 0 heterocycles. The van der Waals surface area contributed by atoms with Crippen LogP contribution in [0.4, 0.5) is 4.39 Å². The first kappa shape index (κ1) is 13.1. The van der Waals surface area contributed by atoms with Crippen molar-refractivity contribution in [1.82, 2.24) is 5.32 Å². The van der Waals surface area contributed by atoms with Gasteiger partial charge in [-0.3, -0.25) is 4.79 Å². The summed E-state index contributed by atoms with van der Waals surface area (Å²) in [4.78, 5) is 11.7. The second kappa shape index (κ2) is 5.96. The standard InChI is InChI=1S/C11H13BrFNO2/c1-7(4-5-15)14-11(16)9-3-2-8(13)6-10(9)12/h2-3,6-7,15H,4-5H2,1H3,(H,14,16). The molecule has 0 spiro atoms. The molecule has 3 nitrogen and oxygen atoms in total. The van der Waals surface area contributed by atoms with Crippen molar-refractivity contribution in [2.75, 3.05) is 6.61 Å². The maximum atomic E-state index is 12.8. The maximum Gasteiger partial charge on any atom is 0.252 e. The van der Waals surface area contributed by atoms with E-state index in [9.17, 15) is 9.18 Å². The Morgan fingerprint density at radius 2 is 2.31 bits per heavy atom. The lowest BCUT2D eigenvalue weighted by Gasteiger charge is -2.13. The van der Waals surface area contributed by atoms with Gasteiger partial charge in [0.05, 0.1) is 5.56 Å². The zero-order valence-electron chi connectivity index (χ0n) is 8.84. The number of aliphatic hydroxyl groups is 1. The van der Waals surface area contributed by atoms with Crippen LogP contribution in [0, 0.1) is 5.82 Å². The highest BCUT2D eigenvalue weighted by Crippen LogP contribution is 2.18. The lowest BCUT2D eigenvalue weighted by atomic mass is 10.2. The fourth-order valence-electron chi connectivity index (χ4n) is 1.24. The number of aliphatic hydroxyl groups excluding tert-OH is 1. The minimum atomic E-state index is -0.396. The van der Waals surface area contributed by atoms with Gasteiger partial charge in [-0.15, -0.1) is 0 Å². The van der Waals surface area contributed by atoms with E-state index in [4.69, 9.17) is 5.11 Å². The molecular weight excluding hydrogens is 277 g/mol. The van der Waals surface area contributed by atoms with E-state index in [0.29, 0.717) is 16.5 Å². The van der Waals surface area contributed by atoms with Gasteiger partial charge in [0.25, 0.3) is 5.91 Å². The molecule has 1 aromatic rings. The molecule has 88 valence electrons. The summed E-state index contributed by atoms with van der Waals surface area (Å²) in [7, 11) is 0. The van der Waals surface area contributed by atoms with Crippen LogP contribution in [0.1, 0.15) is 23.7 Å². The van der Waals surface area contributed by atoms with Crippen LogP contribution in [0.3, 0.4) is 0 Å². The zero-order valence-corrected chi connectivity index (χ0v) is 10.4. The van der Waals surface area contributed by atoms with Gasteiger partial charge in [-0.05, 0) is 47.5 Å². The summed E-state index contributed by atoms with van der Waals surface area (Å²) >= 11 is 3.13. The molecule has 16 heavy (non-hydrogen) atoms. The van der Waals surface area contributed by atoms with E-state index in [1.54, 1.807) is 6.92 Å². The average molecular weight is 290 g/mol. The van der Waals surface area contributed by atoms with Crippen molar-refractivity contribution < 1.29 is 14.3 Å². The van der Waals surface area contributed by atoms with E-state index < -0.39 is 5.82 Å². The molecule has 0 saturated heterocycles. The molecule has 1 atom stereocenters. The Labute approximate surface area is 102 Å². The SMILES string of the molecule is CC(CCO)NC(=O)c1ccc(F)cc1Br. The van der Waals surface area contributed by atoms with Crippen molar-refractivity contribution >= 4 is 21.8 Å². The molecule has 0 radical (unpaired) electrons. The molecule has 1 aromatic carbocycles. The molecule has 0 aromatic heterocycles. The van der Waals surface area contributed by atoms with Crippen molar-refractivity contribution in [1.29, 1.82) is 0 Å². The number of halogens is 2. The summed E-state index contributed by atoms with van der Waals surface area (Å²) in [5.74, 6) is -0.681. The van der Waals surface area contributed by atoms with E-state index >= 15 is 0 Å². The van der Waals surface area contributed by atoms with Crippen LogP contribution >= 0.6 is 15.9 Å². The first-order valence-electron chi connectivity index (χ1n) is 4.91. The largest absolute Gasteiger partial charge is 0.396 e. The average Bonchev–Trinajstić information content (AvgIpc) is 2.17. The van der Waals surface area contributed by atoms with Gasteiger partial charge >= 0.3 is 0 Å². The number of rotatable bonds is 4. The van der Waals surface area contributed by atoms with E-state index in [1.165, 1.54) is 18.2 Å². The minimum Gasteiger partial charge on any atom is -0.396 e. The normalized spacial score (nSPS) is 12.2. The minimum absolute atomic E-state index is 0.0199. The third kappa shape index (κ3) is 3.57. The van der Waals surface area contributed by atoms with Crippen molar-refractivity contribution in [2.45, 2.75) is 19.4 Å². The number of carbonyl (C=O) groups is 1. The summed E-state index contributed by atoms with van der Waals surface area (Å²) in [5.41, 5.74) is 0.381. The molecular formula is C11H13BrFNO2. The van der Waals surface area contributed by atoms with Gasteiger partial charge in [-0.1, -0.05) is 0 Å². The van der Waals surface area contributed by atoms with Crippen molar-refractivity contribution in [3.63, 3.8) is 0 Å². The monoisotopic (exact) mass is 289 g/mol. The van der Waals surface area contributed by atoms with E-state index in [-0.39, 0.29) is 18.6 Å². The topological polar surface area (TPSA) is 49.3 Å². The van der Waals surface area contributed by atoms with Crippen molar-refractivity contribution in [3.05, 3.63) is 34.1 Å². The summed E-state index contributed by atoms with van der Waals surface area (Å²) in [5, 5.41) is 11.4. The van der Waals surface area contributed by atoms with Crippen molar-refractivity contribution in [3.8, 4) is 0 Å². The molecule has 0 aliphatic carbocycles. The summed E-state index contributed by atoms with van der Waals surface area (Å²) < 4.78 is 13.2. The highest BCUT2D eigenvalue weighted by Gasteiger charge is 2.12. The summed E-state index contributed by atoms with van der Waals surface area (Å²) in [6.45, 7) is 1.82. The van der Waals surface area contributed by atoms with E-state index in [0.717, 1.165) is 0 Å². The maximum absolute atomic E-state index is 12.8. The fourth-order valence-corrected chi connectivity index (χ4v) is 1.77. The predicted octanol–water partition coefficient (Wildman–Crippen LogP) is 2.09. The third-order valence-corrected chi connectivity index (χ3v) is 2.77. The summed E-state index contributed by atoms with van der Waals surface area (Å²) in [6.07, 6.45) is 0.491. The second-order valence-corrected chi connectivity index (χ2v) is 4.37. The number of benzene rings is 1. The number of nitrogens with one attached hydrogen (secondary N) is 1. The van der Waals surface area contributed by atoms with Gasteiger partial charge in [-0.25, -0.2) is 4.39 Å². The zero-order chi connectivity index (χ0) is 12.1. The van der Waals surface area contributed by atoms with Crippen LogP contribution in [-0.2, 0) is 0 Å². The predicted molar refractivity (Wildman–Crippen MR) is 62.7 cm³/mol. The quantitative estimate of drug-likeness (QED) is 0.892. The van der Waals surface area contributed by atoms with Crippen LogP contribution < -0.4 is 5.32 Å². The number of hydrogen-bond donors (Lipinski definition) is 2. The summed E-state index contributed by atoms with van der Waals surface area (Å²) in [6, 6.07) is 3.78. The first-order valence-corrected chi connectivity index (χ1v) is 5.70. The Kier molecular flexibility index (Phi) is 4.89. The number of amides is 1. The molecule has 1 unspecified atom stereocenters. The fraction of sp³-hybridized carbons (Fsp3) is 0.364. The Balaban J connectivity index is 2.73. The van der Waals surface area contributed by atoms with Crippen LogP contribution in [0.2, 0.25) is 0 Å². The molecule has 0 aliphatic rings. The van der Waals surface area contributed by atoms with Gasteiger partial charge in [0, 0.05) is 17.1 Å². The Morgan fingerprint density at radius 3 is 2.88 bits per heavy atom. The molecule has 0 fully saturated rings. The smallest absolute Gasteiger partial charge is 0.252 e. The lowest BCUT2D eigenvalue weighted by Crippen LogP contribution is -2.33. The van der Waals surface area contributed by atoms with Crippen LogP contribution in [0.15, 0.2) is 22.7 Å². The Bertz CT molecular complexity index is 384. The van der Waals surface area contributed by atoms with Crippen molar-refractivity contribution in [2.24, 2.45) is 0 Å². The van der Waals surface area contributed by atoms with Crippen LogP contribution in [0.25, 0.3) is 0 Å². The van der Waals surface area contributed by atoms with Crippen LogP contribution in [0.5, 0.6) is 0 Å². The third-order valence-electron chi connectivity index (χ3n) is 2.12. The highest BCUT2D eigenvalue weighted by atomic mass is 79.9. The van der Waals surface area contributed by atoms with E-state index in [1.807, 2.05) is 0 Å². The van der Waals surface area contributed by atoms with Gasteiger partial charge in [0.15, 0.2) is 0 Å². The molecule has 1 amide bonds. The molecule has 5 heteroatoms. The molecule has 2 N–H and O–H groups in total.